The second-order valence-electron chi connectivity index (χ2n) is 5.64. The van der Waals surface area contributed by atoms with Crippen molar-refractivity contribution >= 4 is 11.3 Å². The number of rotatable bonds is 4. The van der Waals surface area contributed by atoms with Crippen molar-refractivity contribution < 1.29 is 0 Å². The first-order valence-corrected chi connectivity index (χ1v) is 8.53. The Balaban J connectivity index is 2.01. The normalized spacial score (nSPS) is 10.9. The molecule has 0 N–H and O–H groups in total. The van der Waals surface area contributed by atoms with Crippen molar-refractivity contribution in [2.75, 3.05) is 0 Å². The number of hydrogen-bond donors (Lipinski definition) is 0. The minimum Gasteiger partial charge on any atom is -0.264 e. The number of thiazole rings is 1. The molecule has 0 saturated carbocycles. The summed E-state index contributed by atoms with van der Waals surface area (Å²) in [4.78, 5) is 9.14. The summed E-state index contributed by atoms with van der Waals surface area (Å²) in [6.07, 6.45) is 6.01. The molecular weight excluding hydrogens is 288 g/mol. The van der Waals surface area contributed by atoms with Gasteiger partial charge in [-0.15, -0.1) is 11.3 Å². The third-order valence-electron chi connectivity index (χ3n) is 3.82. The Morgan fingerprint density at radius 3 is 2.73 bits per heavy atom. The van der Waals surface area contributed by atoms with Crippen LogP contribution >= 0.6 is 11.3 Å². The number of aromatic nitrogens is 2. The lowest BCUT2D eigenvalue weighted by Crippen LogP contribution is -1.91. The van der Waals surface area contributed by atoms with E-state index in [9.17, 15) is 0 Å². The van der Waals surface area contributed by atoms with E-state index in [0.717, 1.165) is 23.5 Å². The maximum Gasteiger partial charge on any atom is 0.125 e. The van der Waals surface area contributed by atoms with Gasteiger partial charge in [0.15, 0.2) is 0 Å². The smallest absolute Gasteiger partial charge is 0.125 e. The summed E-state index contributed by atoms with van der Waals surface area (Å²) in [6.45, 7) is 6.47. The fourth-order valence-corrected chi connectivity index (χ4v) is 3.59. The maximum absolute atomic E-state index is 4.86. The molecule has 0 aliphatic rings. The van der Waals surface area contributed by atoms with Crippen LogP contribution in [0.4, 0.5) is 0 Å². The quantitative estimate of drug-likeness (QED) is 0.641. The first-order chi connectivity index (χ1) is 10.7. The molecule has 0 spiro atoms. The molecule has 0 saturated heterocycles. The van der Waals surface area contributed by atoms with Gasteiger partial charge in [-0.25, -0.2) is 4.98 Å². The van der Waals surface area contributed by atoms with Gasteiger partial charge in [0.2, 0.25) is 0 Å². The van der Waals surface area contributed by atoms with Gasteiger partial charge < -0.3 is 0 Å². The minimum atomic E-state index is 1.06. The molecule has 0 amide bonds. The number of aryl methyl sites for hydroxylation is 3. The Bertz CT molecular complexity index is 790. The van der Waals surface area contributed by atoms with E-state index in [1.807, 2.05) is 12.4 Å². The van der Waals surface area contributed by atoms with E-state index in [4.69, 9.17) is 4.98 Å². The first-order valence-electron chi connectivity index (χ1n) is 7.65. The van der Waals surface area contributed by atoms with Crippen molar-refractivity contribution in [3.63, 3.8) is 0 Å². The molecule has 0 aliphatic heterocycles. The van der Waals surface area contributed by atoms with Gasteiger partial charge >= 0.3 is 0 Å². The fourth-order valence-electron chi connectivity index (χ4n) is 2.73. The van der Waals surface area contributed by atoms with Crippen LogP contribution in [-0.2, 0) is 6.42 Å². The van der Waals surface area contributed by atoms with Crippen LogP contribution in [0.3, 0.4) is 0 Å². The zero-order valence-electron chi connectivity index (χ0n) is 13.3. The molecule has 2 heterocycles. The fraction of sp³-hybridized carbons (Fsp3) is 0.263. The minimum absolute atomic E-state index is 1.06. The molecule has 1 aromatic carbocycles. The average Bonchev–Trinajstić information content (AvgIpc) is 2.97. The van der Waals surface area contributed by atoms with Crippen molar-refractivity contribution in [1.82, 2.24) is 9.97 Å². The van der Waals surface area contributed by atoms with E-state index in [1.54, 1.807) is 11.3 Å². The molecule has 22 heavy (non-hydrogen) atoms. The van der Waals surface area contributed by atoms with E-state index in [0.29, 0.717) is 0 Å². The van der Waals surface area contributed by atoms with Gasteiger partial charge in [-0.2, -0.15) is 0 Å². The molecule has 2 nitrogen and oxygen atoms in total. The highest BCUT2D eigenvalue weighted by Gasteiger charge is 2.11. The highest BCUT2D eigenvalue weighted by Crippen LogP contribution is 2.32. The highest BCUT2D eigenvalue weighted by molar-refractivity contribution is 7.13. The molecule has 0 aliphatic carbocycles. The van der Waals surface area contributed by atoms with Crippen LogP contribution in [-0.4, -0.2) is 9.97 Å². The maximum atomic E-state index is 4.86. The number of pyridine rings is 1. The van der Waals surface area contributed by atoms with Crippen molar-refractivity contribution in [3.05, 3.63) is 58.7 Å². The monoisotopic (exact) mass is 308 g/mol. The van der Waals surface area contributed by atoms with Crippen molar-refractivity contribution in [3.8, 4) is 21.8 Å². The van der Waals surface area contributed by atoms with E-state index in [2.05, 4.69) is 55.4 Å². The standard InChI is InChI=1S/C19H20N2S/c1-4-5-15-8-9-20-11-17(15)19-21-18(12-22-19)16-7-6-13(2)10-14(16)3/h6-12H,4-5H2,1-3H3. The van der Waals surface area contributed by atoms with E-state index < -0.39 is 0 Å². The average molecular weight is 308 g/mol. The molecule has 2 aromatic heterocycles. The Labute approximate surface area is 135 Å². The zero-order chi connectivity index (χ0) is 15.5. The number of benzene rings is 1. The largest absolute Gasteiger partial charge is 0.264 e. The van der Waals surface area contributed by atoms with Crippen LogP contribution in [0, 0.1) is 13.8 Å². The van der Waals surface area contributed by atoms with Crippen LogP contribution < -0.4 is 0 Å². The summed E-state index contributed by atoms with van der Waals surface area (Å²) in [5.41, 5.74) is 7.34. The topological polar surface area (TPSA) is 25.8 Å². The molecule has 3 aromatic rings. The molecule has 0 unspecified atom stereocenters. The summed E-state index contributed by atoms with van der Waals surface area (Å²) >= 11 is 1.70. The summed E-state index contributed by atoms with van der Waals surface area (Å²) in [6, 6.07) is 8.63. The predicted octanol–water partition coefficient (Wildman–Crippen LogP) is 5.44. The number of nitrogens with zero attached hydrogens (tertiary/aromatic N) is 2. The summed E-state index contributed by atoms with van der Waals surface area (Å²) in [7, 11) is 0. The molecule has 3 rings (SSSR count). The van der Waals surface area contributed by atoms with Crippen molar-refractivity contribution in [2.24, 2.45) is 0 Å². The zero-order valence-corrected chi connectivity index (χ0v) is 14.1. The Hall–Kier alpha value is -2.00. The van der Waals surface area contributed by atoms with Gasteiger partial charge in [0, 0.05) is 28.9 Å². The molecule has 0 bridgehead atoms. The molecule has 112 valence electrons. The molecule has 0 fully saturated rings. The molecule has 0 radical (unpaired) electrons. The Morgan fingerprint density at radius 1 is 1.09 bits per heavy atom. The SMILES string of the molecule is CCCc1ccncc1-c1nc(-c2ccc(C)cc2C)cs1. The van der Waals surface area contributed by atoms with Crippen LogP contribution in [0.5, 0.6) is 0 Å². The van der Waals surface area contributed by atoms with Crippen LogP contribution in [0.25, 0.3) is 21.8 Å². The van der Waals surface area contributed by atoms with Crippen molar-refractivity contribution in [1.29, 1.82) is 0 Å². The Morgan fingerprint density at radius 2 is 1.95 bits per heavy atom. The summed E-state index contributed by atoms with van der Waals surface area (Å²) in [5.74, 6) is 0. The van der Waals surface area contributed by atoms with Gasteiger partial charge in [0.05, 0.1) is 5.69 Å². The lowest BCUT2D eigenvalue weighted by atomic mass is 10.0. The number of hydrogen-bond acceptors (Lipinski definition) is 3. The van der Waals surface area contributed by atoms with Crippen LogP contribution in [0.15, 0.2) is 42.0 Å². The van der Waals surface area contributed by atoms with Crippen LogP contribution in [0.2, 0.25) is 0 Å². The summed E-state index contributed by atoms with van der Waals surface area (Å²) < 4.78 is 0. The second kappa shape index (κ2) is 6.41. The molecular formula is C19H20N2S. The summed E-state index contributed by atoms with van der Waals surface area (Å²) in [5, 5.41) is 3.21. The lowest BCUT2D eigenvalue weighted by Gasteiger charge is -2.05. The van der Waals surface area contributed by atoms with Crippen LogP contribution in [0.1, 0.15) is 30.0 Å². The third kappa shape index (κ3) is 2.95. The van der Waals surface area contributed by atoms with Gasteiger partial charge in [-0.1, -0.05) is 37.1 Å². The van der Waals surface area contributed by atoms with Gasteiger partial charge in [-0.3, -0.25) is 4.98 Å². The van der Waals surface area contributed by atoms with Gasteiger partial charge in [-0.05, 0) is 37.5 Å². The molecule has 3 heteroatoms. The molecule has 0 atom stereocenters. The van der Waals surface area contributed by atoms with Crippen molar-refractivity contribution in [2.45, 2.75) is 33.6 Å². The van der Waals surface area contributed by atoms with E-state index in [1.165, 1.54) is 27.8 Å². The lowest BCUT2D eigenvalue weighted by molar-refractivity contribution is 0.920. The van der Waals surface area contributed by atoms with Gasteiger partial charge in [0.25, 0.3) is 0 Å². The third-order valence-corrected chi connectivity index (χ3v) is 4.70. The Kier molecular flexibility index (Phi) is 4.34. The van der Waals surface area contributed by atoms with E-state index >= 15 is 0 Å². The first kappa shape index (κ1) is 14.9. The second-order valence-corrected chi connectivity index (χ2v) is 6.50. The van der Waals surface area contributed by atoms with E-state index in [-0.39, 0.29) is 0 Å². The highest BCUT2D eigenvalue weighted by atomic mass is 32.1. The predicted molar refractivity (Wildman–Crippen MR) is 94.3 cm³/mol. The van der Waals surface area contributed by atoms with Gasteiger partial charge in [0.1, 0.15) is 5.01 Å².